The van der Waals surface area contributed by atoms with Crippen LogP contribution in [0.15, 0.2) is 28.4 Å². The lowest BCUT2D eigenvalue weighted by atomic mass is 10.2. The minimum atomic E-state index is 0.826. The summed E-state index contributed by atoms with van der Waals surface area (Å²) in [6, 6.07) is 4.12. The van der Waals surface area contributed by atoms with Crippen molar-refractivity contribution in [1.29, 1.82) is 0 Å². The monoisotopic (exact) mass is 315 g/mol. The van der Waals surface area contributed by atoms with E-state index in [1.54, 1.807) is 17.7 Å². The van der Waals surface area contributed by atoms with E-state index in [0.29, 0.717) is 0 Å². The normalized spacial score (nSPS) is 16.5. The molecule has 1 aliphatic heterocycles. The fraction of sp³-hybridized carbons (Fsp3) is 0.400. The first-order chi connectivity index (χ1) is 10.8. The molecule has 1 saturated heterocycles. The van der Waals surface area contributed by atoms with Crippen LogP contribution < -0.4 is 4.90 Å². The second-order valence-corrected chi connectivity index (χ2v) is 6.43. The molecule has 3 aromatic heterocycles. The lowest BCUT2D eigenvalue weighted by Crippen LogP contribution is -2.46. The Balaban J connectivity index is 1.44. The molecule has 22 heavy (non-hydrogen) atoms. The molecule has 0 atom stereocenters. The van der Waals surface area contributed by atoms with Gasteiger partial charge in [-0.25, -0.2) is 9.97 Å². The first-order valence-electron chi connectivity index (χ1n) is 7.37. The molecule has 114 valence electrons. The van der Waals surface area contributed by atoms with Crippen LogP contribution >= 0.6 is 11.3 Å². The van der Waals surface area contributed by atoms with Crippen LogP contribution in [0.2, 0.25) is 0 Å². The van der Waals surface area contributed by atoms with Crippen LogP contribution in [0.1, 0.15) is 11.5 Å². The SMILES string of the molecule is Cc1cc(CN2CCN(c3ncnc4sccc34)CC2)on1. The largest absolute Gasteiger partial charge is 0.360 e. The van der Waals surface area contributed by atoms with Crippen LogP contribution in [-0.4, -0.2) is 46.2 Å². The Kier molecular flexibility index (Phi) is 3.51. The van der Waals surface area contributed by atoms with Crippen molar-refractivity contribution in [2.24, 2.45) is 0 Å². The molecule has 6 nitrogen and oxygen atoms in total. The Hall–Kier alpha value is -1.99. The second kappa shape index (κ2) is 5.66. The minimum absolute atomic E-state index is 0.826. The molecule has 0 saturated carbocycles. The van der Waals surface area contributed by atoms with Crippen molar-refractivity contribution in [3.05, 3.63) is 35.3 Å². The number of thiophene rings is 1. The lowest BCUT2D eigenvalue weighted by molar-refractivity contribution is 0.219. The molecule has 1 aliphatic rings. The van der Waals surface area contributed by atoms with E-state index in [4.69, 9.17) is 4.52 Å². The van der Waals surface area contributed by atoms with Gasteiger partial charge in [-0.15, -0.1) is 11.3 Å². The topological polar surface area (TPSA) is 58.3 Å². The van der Waals surface area contributed by atoms with E-state index in [1.807, 2.05) is 13.0 Å². The fourth-order valence-corrected chi connectivity index (χ4v) is 3.59. The second-order valence-electron chi connectivity index (χ2n) is 5.53. The van der Waals surface area contributed by atoms with Gasteiger partial charge >= 0.3 is 0 Å². The quantitative estimate of drug-likeness (QED) is 0.739. The van der Waals surface area contributed by atoms with Crippen molar-refractivity contribution in [3.63, 3.8) is 0 Å². The van der Waals surface area contributed by atoms with Crippen molar-refractivity contribution in [2.75, 3.05) is 31.1 Å². The molecular formula is C15H17N5OS. The van der Waals surface area contributed by atoms with Gasteiger partial charge in [0, 0.05) is 32.2 Å². The van der Waals surface area contributed by atoms with Gasteiger partial charge in [0.15, 0.2) is 5.76 Å². The summed E-state index contributed by atoms with van der Waals surface area (Å²) < 4.78 is 5.30. The molecule has 7 heteroatoms. The number of anilines is 1. The maximum absolute atomic E-state index is 5.30. The molecule has 0 spiro atoms. The summed E-state index contributed by atoms with van der Waals surface area (Å²) in [5.74, 6) is 2.00. The molecule has 4 rings (SSSR count). The summed E-state index contributed by atoms with van der Waals surface area (Å²) in [6.07, 6.45) is 1.66. The zero-order chi connectivity index (χ0) is 14.9. The Morgan fingerprint density at radius 2 is 2.09 bits per heavy atom. The molecule has 1 fully saturated rings. The van der Waals surface area contributed by atoms with Crippen molar-refractivity contribution in [3.8, 4) is 0 Å². The van der Waals surface area contributed by atoms with Crippen LogP contribution in [0.5, 0.6) is 0 Å². The minimum Gasteiger partial charge on any atom is -0.360 e. The smallest absolute Gasteiger partial charge is 0.150 e. The summed E-state index contributed by atoms with van der Waals surface area (Å²) >= 11 is 1.66. The number of hydrogen-bond donors (Lipinski definition) is 0. The number of nitrogens with zero attached hydrogens (tertiary/aromatic N) is 5. The molecular weight excluding hydrogens is 298 g/mol. The highest BCUT2D eigenvalue weighted by Gasteiger charge is 2.21. The zero-order valence-corrected chi connectivity index (χ0v) is 13.2. The number of aromatic nitrogens is 3. The predicted octanol–water partition coefficient (Wildman–Crippen LogP) is 2.31. The number of rotatable bonds is 3. The summed E-state index contributed by atoms with van der Waals surface area (Å²) in [7, 11) is 0. The van der Waals surface area contributed by atoms with Gasteiger partial charge in [-0.3, -0.25) is 4.90 Å². The first kappa shape index (κ1) is 13.7. The zero-order valence-electron chi connectivity index (χ0n) is 12.4. The van der Waals surface area contributed by atoms with Crippen molar-refractivity contribution >= 4 is 27.4 Å². The molecule has 0 N–H and O–H groups in total. The highest BCUT2D eigenvalue weighted by atomic mass is 32.1. The standard InChI is InChI=1S/C15H17N5OS/c1-11-8-12(21-18-11)9-19-3-5-20(6-4-19)14-13-2-7-22-15(13)17-10-16-14/h2,7-8,10H,3-6,9H2,1H3. The highest BCUT2D eigenvalue weighted by Crippen LogP contribution is 2.27. The maximum atomic E-state index is 5.30. The van der Waals surface area contributed by atoms with Gasteiger partial charge in [0.1, 0.15) is 17.0 Å². The third-order valence-corrected chi connectivity index (χ3v) is 4.79. The molecule has 0 amide bonds. The molecule has 0 bridgehead atoms. The van der Waals surface area contributed by atoms with Crippen molar-refractivity contribution < 1.29 is 4.52 Å². The average molecular weight is 315 g/mol. The van der Waals surface area contributed by atoms with E-state index in [0.717, 1.165) is 60.2 Å². The van der Waals surface area contributed by atoms with Gasteiger partial charge in [0.25, 0.3) is 0 Å². The number of hydrogen-bond acceptors (Lipinski definition) is 7. The Morgan fingerprint density at radius 3 is 2.86 bits per heavy atom. The van der Waals surface area contributed by atoms with Crippen molar-refractivity contribution in [1.82, 2.24) is 20.0 Å². The Labute approximate surface area is 132 Å². The first-order valence-corrected chi connectivity index (χ1v) is 8.25. The van der Waals surface area contributed by atoms with Gasteiger partial charge in [0.05, 0.1) is 17.6 Å². The van der Waals surface area contributed by atoms with Gasteiger partial charge in [-0.1, -0.05) is 5.16 Å². The highest BCUT2D eigenvalue weighted by molar-refractivity contribution is 7.16. The van der Waals surface area contributed by atoms with E-state index >= 15 is 0 Å². The van der Waals surface area contributed by atoms with E-state index in [9.17, 15) is 0 Å². The van der Waals surface area contributed by atoms with Gasteiger partial charge in [0.2, 0.25) is 0 Å². The third kappa shape index (κ3) is 2.57. The van der Waals surface area contributed by atoms with Crippen LogP contribution in [0.25, 0.3) is 10.2 Å². The lowest BCUT2D eigenvalue weighted by Gasteiger charge is -2.35. The van der Waals surface area contributed by atoms with Gasteiger partial charge in [-0.05, 0) is 18.4 Å². The third-order valence-electron chi connectivity index (χ3n) is 3.97. The molecule has 0 unspecified atom stereocenters. The summed E-state index contributed by atoms with van der Waals surface area (Å²) in [5.41, 5.74) is 0.939. The van der Waals surface area contributed by atoms with Crippen LogP contribution in [-0.2, 0) is 6.54 Å². The number of aryl methyl sites for hydroxylation is 1. The van der Waals surface area contributed by atoms with Crippen LogP contribution in [0, 0.1) is 6.92 Å². The van der Waals surface area contributed by atoms with E-state index < -0.39 is 0 Å². The fourth-order valence-electron chi connectivity index (χ4n) is 2.86. The Morgan fingerprint density at radius 1 is 1.23 bits per heavy atom. The summed E-state index contributed by atoms with van der Waals surface area (Å²) in [6.45, 7) is 6.70. The van der Waals surface area contributed by atoms with Crippen molar-refractivity contribution in [2.45, 2.75) is 13.5 Å². The van der Waals surface area contributed by atoms with E-state index in [2.05, 4.69) is 36.4 Å². The van der Waals surface area contributed by atoms with E-state index in [-0.39, 0.29) is 0 Å². The van der Waals surface area contributed by atoms with Gasteiger partial charge in [-0.2, -0.15) is 0 Å². The van der Waals surface area contributed by atoms with Gasteiger partial charge < -0.3 is 9.42 Å². The van der Waals surface area contributed by atoms with Crippen LogP contribution in [0.4, 0.5) is 5.82 Å². The number of piperazine rings is 1. The average Bonchev–Trinajstić information content (AvgIpc) is 3.16. The maximum Gasteiger partial charge on any atom is 0.150 e. The number of fused-ring (bicyclic) bond motifs is 1. The summed E-state index contributed by atoms with van der Waals surface area (Å²) in [4.78, 5) is 14.6. The molecule has 4 heterocycles. The molecule has 3 aromatic rings. The predicted molar refractivity (Wildman–Crippen MR) is 86.1 cm³/mol. The van der Waals surface area contributed by atoms with E-state index in [1.165, 1.54) is 0 Å². The molecule has 0 aliphatic carbocycles. The summed E-state index contributed by atoms with van der Waals surface area (Å²) in [5, 5.41) is 7.18. The molecule has 0 radical (unpaired) electrons. The molecule has 0 aromatic carbocycles. The van der Waals surface area contributed by atoms with Crippen LogP contribution in [0.3, 0.4) is 0 Å². The Bertz CT molecular complexity index is 775.